The molecule has 0 aromatic heterocycles. The maximum absolute atomic E-state index is 13.0. The summed E-state index contributed by atoms with van der Waals surface area (Å²) in [6.07, 6.45) is -0.488. The van der Waals surface area contributed by atoms with Crippen LogP contribution in [0.25, 0.3) is 11.1 Å². The molecule has 7 nitrogen and oxygen atoms in total. The number of ether oxygens (including phenoxy) is 4. The summed E-state index contributed by atoms with van der Waals surface area (Å²) in [5.41, 5.74) is 4.58. The second-order valence-electron chi connectivity index (χ2n) is 9.95. The highest BCUT2D eigenvalue weighted by atomic mass is 16.6. The van der Waals surface area contributed by atoms with Crippen molar-refractivity contribution in [2.24, 2.45) is 0 Å². The Balaban J connectivity index is 1.49. The fourth-order valence-corrected chi connectivity index (χ4v) is 4.59. The highest BCUT2D eigenvalue weighted by Gasteiger charge is 2.31. The van der Waals surface area contributed by atoms with E-state index < -0.39 is 23.7 Å². The van der Waals surface area contributed by atoms with Crippen LogP contribution < -0.4 is 14.8 Å². The molecule has 0 spiro atoms. The van der Waals surface area contributed by atoms with Crippen molar-refractivity contribution in [2.45, 2.75) is 44.8 Å². The number of methoxy groups -OCH3 is 2. The molecule has 0 heterocycles. The van der Waals surface area contributed by atoms with Crippen LogP contribution in [0.5, 0.6) is 11.5 Å². The molecule has 0 saturated carbocycles. The minimum absolute atomic E-state index is 0.0797. The van der Waals surface area contributed by atoms with E-state index in [1.807, 2.05) is 30.3 Å². The molecule has 7 heteroatoms. The Kier molecular flexibility index (Phi) is 7.71. The zero-order chi connectivity index (χ0) is 26.6. The van der Waals surface area contributed by atoms with Crippen molar-refractivity contribution in [3.05, 3.63) is 83.4 Å². The number of carbonyl (C=O) groups excluding carboxylic acids is 2. The molecule has 1 unspecified atom stereocenters. The number of hydrogen-bond donors (Lipinski definition) is 1. The quantitative estimate of drug-likeness (QED) is 0.409. The minimum Gasteiger partial charge on any atom is -0.493 e. The Labute approximate surface area is 217 Å². The minimum atomic E-state index is -0.951. The van der Waals surface area contributed by atoms with E-state index in [2.05, 4.69) is 29.6 Å². The van der Waals surface area contributed by atoms with Gasteiger partial charge in [0.1, 0.15) is 18.2 Å². The number of nitrogens with one attached hydrogen (secondary N) is 1. The van der Waals surface area contributed by atoms with Crippen molar-refractivity contribution in [3.63, 3.8) is 0 Å². The predicted octanol–water partition coefficient (Wildman–Crippen LogP) is 5.50. The first-order valence-corrected chi connectivity index (χ1v) is 12.3. The standard InChI is InChI=1S/C30H33NO6/c1-30(2,3)37-28(32)25(16-19-14-15-26(34-4)27(17-19)35-5)31-29(33)36-18-24-22-12-8-6-10-20(22)21-11-7-9-13-23(21)24/h6-15,17,24-25H,16,18H2,1-5H3,(H,31,33). The van der Waals surface area contributed by atoms with Gasteiger partial charge in [0.25, 0.3) is 0 Å². The van der Waals surface area contributed by atoms with E-state index >= 15 is 0 Å². The normalized spacial score (nSPS) is 13.2. The van der Waals surface area contributed by atoms with E-state index in [4.69, 9.17) is 18.9 Å². The monoisotopic (exact) mass is 503 g/mol. The second-order valence-corrected chi connectivity index (χ2v) is 9.95. The number of rotatable bonds is 8. The third kappa shape index (κ3) is 6.05. The smallest absolute Gasteiger partial charge is 0.407 e. The molecule has 37 heavy (non-hydrogen) atoms. The lowest BCUT2D eigenvalue weighted by Crippen LogP contribution is -2.46. The molecule has 1 aliphatic carbocycles. The highest BCUT2D eigenvalue weighted by molar-refractivity contribution is 5.82. The van der Waals surface area contributed by atoms with E-state index in [9.17, 15) is 9.59 Å². The summed E-state index contributed by atoms with van der Waals surface area (Å²) in [6, 6.07) is 20.7. The van der Waals surface area contributed by atoms with Gasteiger partial charge in [-0.15, -0.1) is 0 Å². The molecule has 0 bridgehead atoms. The first kappa shape index (κ1) is 26.1. The second kappa shape index (κ2) is 10.9. The van der Waals surface area contributed by atoms with Gasteiger partial charge in [-0.1, -0.05) is 54.6 Å². The molecule has 3 aromatic rings. The van der Waals surface area contributed by atoms with Crippen LogP contribution in [-0.4, -0.2) is 44.5 Å². The number of fused-ring (bicyclic) bond motifs is 3. The van der Waals surface area contributed by atoms with Crippen LogP contribution in [0, 0.1) is 0 Å². The summed E-state index contributed by atoms with van der Waals surface area (Å²) in [6.45, 7) is 5.50. The van der Waals surface area contributed by atoms with Gasteiger partial charge in [0.15, 0.2) is 11.5 Å². The van der Waals surface area contributed by atoms with Gasteiger partial charge >= 0.3 is 12.1 Å². The number of alkyl carbamates (subject to hydrolysis) is 1. The van der Waals surface area contributed by atoms with E-state index in [-0.39, 0.29) is 18.9 Å². The molecule has 0 fully saturated rings. The van der Waals surface area contributed by atoms with Crippen LogP contribution in [0.15, 0.2) is 66.7 Å². The molecule has 4 rings (SSSR count). The van der Waals surface area contributed by atoms with E-state index in [1.165, 1.54) is 0 Å². The predicted molar refractivity (Wildman–Crippen MR) is 141 cm³/mol. The maximum Gasteiger partial charge on any atom is 0.407 e. The van der Waals surface area contributed by atoms with Crippen molar-refractivity contribution >= 4 is 12.1 Å². The summed E-state index contributed by atoms with van der Waals surface area (Å²) < 4.78 is 21.9. The fraction of sp³-hybridized carbons (Fsp3) is 0.333. The molecular formula is C30H33NO6. The topological polar surface area (TPSA) is 83.1 Å². The molecular weight excluding hydrogens is 470 g/mol. The third-order valence-corrected chi connectivity index (χ3v) is 6.21. The zero-order valence-corrected chi connectivity index (χ0v) is 21.9. The molecule has 3 aromatic carbocycles. The Bertz CT molecular complexity index is 1230. The molecule has 0 radical (unpaired) electrons. The van der Waals surface area contributed by atoms with Gasteiger partial charge in [-0.2, -0.15) is 0 Å². The number of carbonyl (C=O) groups is 2. The van der Waals surface area contributed by atoms with E-state index in [1.54, 1.807) is 47.1 Å². The van der Waals surface area contributed by atoms with Crippen LogP contribution in [0.4, 0.5) is 4.79 Å². The van der Waals surface area contributed by atoms with Crippen LogP contribution >= 0.6 is 0 Å². The van der Waals surface area contributed by atoms with Crippen molar-refractivity contribution in [2.75, 3.05) is 20.8 Å². The first-order valence-electron chi connectivity index (χ1n) is 12.3. The lowest BCUT2D eigenvalue weighted by atomic mass is 9.98. The van der Waals surface area contributed by atoms with Crippen LogP contribution in [0.2, 0.25) is 0 Å². The summed E-state index contributed by atoms with van der Waals surface area (Å²) in [5, 5.41) is 2.72. The molecule has 0 saturated heterocycles. The Morgan fingerprint density at radius 3 is 2.03 bits per heavy atom. The molecule has 194 valence electrons. The van der Waals surface area contributed by atoms with Gasteiger partial charge < -0.3 is 24.3 Å². The van der Waals surface area contributed by atoms with Gasteiger partial charge in [0.05, 0.1) is 14.2 Å². The largest absolute Gasteiger partial charge is 0.493 e. The van der Waals surface area contributed by atoms with E-state index in [0.717, 1.165) is 27.8 Å². The summed E-state index contributed by atoms with van der Waals surface area (Å²) >= 11 is 0. The zero-order valence-electron chi connectivity index (χ0n) is 21.9. The average Bonchev–Trinajstić information content (AvgIpc) is 3.19. The first-order chi connectivity index (χ1) is 17.7. The Hall–Kier alpha value is -4.00. The summed E-state index contributed by atoms with van der Waals surface area (Å²) in [4.78, 5) is 25.9. The molecule has 1 amide bonds. The van der Waals surface area contributed by atoms with Crippen LogP contribution in [-0.2, 0) is 20.7 Å². The third-order valence-electron chi connectivity index (χ3n) is 6.21. The van der Waals surface area contributed by atoms with E-state index in [0.29, 0.717) is 11.5 Å². The Morgan fingerprint density at radius 1 is 0.865 bits per heavy atom. The highest BCUT2D eigenvalue weighted by Crippen LogP contribution is 2.44. The molecule has 1 atom stereocenters. The number of esters is 1. The SMILES string of the molecule is COc1ccc(CC(NC(=O)OCC2c3ccccc3-c3ccccc32)C(=O)OC(C)(C)C)cc1OC. The lowest BCUT2D eigenvalue weighted by Gasteiger charge is -2.25. The molecule has 1 aliphatic rings. The average molecular weight is 504 g/mol. The number of benzene rings is 3. The Morgan fingerprint density at radius 2 is 1.46 bits per heavy atom. The lowest BCUT2D eigenvalue weighted by molar-refractivity contribution is -0.157. The van der Waals surface area contributed by atoms with Crippen LogP contribution in [0.1, 0.15) is 43.4 Å². The van der Waals surface area contributed by atoms with Gasteiger partial charge in [0.2, 0.25) is 0 Å². The van der Waals surface area contributed by atoms with Gasteiger partial charge in [0, 0.05) is 12.3 Å². The van der Waals surface area contributed by atoms with Crippen LogP contribution in [0.3, 0.4) is 0 Å². The van der Waals surface area contributed by atoms with Crippen molar-refractivity contribution in [1.29, 1.82) is 0 Å². The van der Waals surface area contributed by atoms with Crippen molar-refractivity contribution < 1.29 is 28.5 Å². The molecule has 1 N–H and O–H groups in total. The fourth-order valence-electron chi connectivity index (χ4n) is 4.59. The number of amides is 1. The summed E-state index contributed by atoms with van der Waals surface area (Å²) in [5.74, 6) is 0.480. The van der Waals surface area contributed by atoms with Gasteiger partial charge in [-0.05, 0) is 60.7 Å². The van der Waals surface area contributed by atoms with Gasteiger partial charge in [-0.25, -0.2) is 9.59 Å². The number of hydrogen-bond acceptors (Lipinski definition) is 6. The maximum atomic E-state index is 13.0. The molecule has 0 aliphatic heterocycles. The van der Waals surface area contributed by atoms with Crippen molar-refractivity contribution in [3.8, 4) is 22.6 Å². The summed E-state index contributed by atoms with van der Waals surface area (Å²) in [7, 11) is 3.10. The van der Waals surface area contributed by atoms with Gasteiger partial charge in [-0.3, -0.25) is 0 Å². The van der Waals surface area contributed by atoms with Crippen molar-refractivity contribution in [1.82, 2.24) is 5.32 Å².